The molecule has 1 nitrogen and oxygen atoms in total. The first-order valence-corrected chi connectivity index (χ1v) is 6.75. The van der Waals surface area contributed by atoms with E-state index in [1.807, 2.05) is 0 Å². The molecule has 0 aromatic heterocycles. The molecule has 0 fully saturated rings. The van der Waals surface area contributed by atoms with Crippen LogP contribution in [0.5, 0.6) is 5.75 Å². The predicted molar refractivity (Wildman–Crippen MR) is 73.1 cm³/mol. The molecule has 0 atom stereocenters. The molecule has 124 valence electrons. The fourth-order valence-electron chi connectivity index (χ4n) is 1.95. The molecule has 0 radical (unpaired) electrons. The highest BCUT2D eigenvalue weighted by atomic mass is 35.5. The second-order valence-corrected chi connectivity index (χ2v) is 4.89. The molecular weight excluding hydrogens is 346 g/mol. The van der Waals surface area contributed by atoms with Gasteiger partial charge in [0.15, 0.2) is 0 Å². The summed E-state index contributed by atoms with van der Waals surface area (Å²) in [4.78, 5) is 0. The molecule has 0 bridgehead atoms. The SMILES string of the molecule is FC(F)(F)Oc1ccc(-c2cc(CCl)cc(C(F)(F)F)c2)cc1. The van der Waals surface area contributed by atoms with E-state index < -0.39 is 23.9 Å². The standard InChI is InChI=1S/C15H9ClF6O/c16-8-9-5-11(7-12(6-9)14(17,18)19)10-1-3-13(4-2-10)23-15(20,21)22/h1-7H,8H2. The zero-order valence-corrected chi connectivity index (χ0v) is 12.1. The average molecular weight is 355 g/mol. The summed E-state index contributed by atoms with van der Waals surface area (Å²) in [5.74, 6) is -0.572. The van der Waals surface area contributed by atoms with Crippen molar-refractivity contribution in [3.05, 3.63) is 53.6 Å². The van der Waals surface area contributed by atoms with Crippen molar-refractivity contribution < 1.29 is 31.1 Å². The summed E-state index contributed by atoms with van der Waals surface area (Å²) in [6.07, 6.45) is -9.38. The van der Waals surface area contributed by atoms with E-state index in [-0.39, 0.29) is 17.0 Å². The molecule has 0 spiro atoms. The van der Waals surface area contributed by atoms with Gasteiger partial charge in [-0.3, -0.25) is 0 Å². The van der Waals surface area contributed by atoms with Gasteiger partial charge in [0.2, 0.25) is 0 Å². The molecule has 0 saturated carbocycles. The Bertz CT molecular complexity index is 676. The minimum absolute atomic E-state index is 0.119. The van der Waals surface area contributed by atoms with Crippen LogP contribution in [0.15, 0.2) is 42.5 Å². The van der Waals surface area contributed by atoms with Gasteiger partial charge in [-0.05, 0) is 47.0 Å². The molecule has 0 unspecified atom stereocenters. The van der Waals surface area contributed by atoms with Crippen LogP contribution >= 0.6 is 11.6 Å². The van der Waals surface area contributed by atoms with Crippen LogP contribution < -0.4 is 4.74 Å². The van der Waals surface area contributed by atoms with Gasteiger partial charge in [0.05, 0.1) is 5.56 Å². The quantitative estimate of drug-likeness (QED) is 0.484. The van der Waals surface area contributed by atoms with Gasteiger partial charge in [-0.2, -0.15) is 13.2 Å². The zero-order chi connectivity index (χ0) is 17.3. The Balaban J connectivity index is 2.38. The van der Waals surface area contributed by atoms with E-state index in [1.165, 1.54) is 18.2 Å². The Hall–Kier alpha value is -1.89. The van der Waals surface area contributed by atoms with Crippen molar-refractivity contribution in [2.75, 3.05) is 0 Å². The van der Waals surface area contributed by atoms with Crippen LogP contribution in [0.2, 0.25) is 0 Å². The monoisotopic (exact) mass is 354 g/mol. The van der Waals surface area contributed by atoms with Gasteiger partial charge >= 0.3 is 12.5 Å². The number of alkyl halides is 7. The molecule has 0 N–H and O–H groups in total. The molecule has 0 aliphatic rings. The molecule has 0 amide bonds. The highest BCUT2D eigenvalue weighted by Crippen LogP contribution is 2.34. The Labute approximate surface area is 132 Å². The second-order valence-electron chi connectivity index (χ2n) is 4.62. The van der Waals surface area contributed by atoms with Gasteiger partial charge in [-0.1, -0.05) is 12.1 Å². The van der Waals surface area contributed by atoms with Crippen LogP contribution in [0.1, 0.15) is 11.1 Å². The summed E-state index contributed by atoms with van der Waals surface area (Å²) < 4.78 is 78.6. The molecule has 23 heavy (non-hydrogen) atoms. The maximum Gasteiger partial charge on any atom is 0.573 e. The normalized spacial score (nSPS) is 12.3. The van der Waals surface area contributed by atoms with Crippen LogP contribution in [0.25, 0.3) is 11.1 Å². The topological polar surface area (TPSA) is 9.23 Å². The first-order valence-electron chi connectivity index (χ1n) is 6.22. The Morgan fingerprint density at radius 2 is 1.43 bits per heavy atom. The van der Waals surface area contributed by atoms with Crippen molar-refractivity contribution in [2.45, 2.75) is 18.4 Å². The summed E-state index contributed by atoms with van der Waals surface area (Å²) in [5, 5.41) is 0. The third-order valence-electron chi connectivity index (χ3n) is 2.90. The van der Waals surface area contributed by atoms with Gasteiger partial charge < -0.3 is 4.74 Å². The van der Waals surface area contributed by atoms with E-state index in [0.29, 0.717) is 5.56 Å². The van der Waals surface area contributed by atoms with E-state index in [1.54, 1.807) is 0 Å². The van der Waals surface area contributed by atoms with Crippen LogP contribution in [0.4, 0.5) is 26.3 Å². The molecule has 0 aliphatic heterocycles. The molecule has 2 rings (SSSR count). The fourth-order valence-corrected chi connectivity index (χ4v) is 2.10. The summed E-state index contributed by atoms with van der Waals surface area (Å²) in [6, 6.07) is 7.84. The molecule has 0 aliphatic carbocycles. The van der Waals surface area contributed by atoms with E-state index in [2.05, 4.69) is 4.74 Å². The Morgan fingerprint density at radius 3 is 1.91 bits per heavy atom. The van der Waals surface area contributed by atoms with Gasteiger partial charge in [0.1, 0.15) is 5.75 Å². The summed E-state index contributed by atoms with van der Waals surface area (Å²) >= 11 is 5.59. The van der Waals surface area contributed by atoms with E-state index in [9.17, 15) is 26.3 Å². The fraction of sp³-hybridized carbons (Fsp3) is 0.200. The third kappa shape index (κ3) is 4.79. The van der Waals surface area contributed by atoms with Crippen molar-refractivity contribution in [1.82, 2.24) is 0 Å². The number of hydrogen-bond acceptors (Lipinski definition) is 1. The predicted octanol–water partition coefficient (Wildman–Crippen LogP) is 6.01. The highest BCUT2D eigenvalue weighted by molar-refractivity contribution is 6.17. The van der Waals surface area contributed by atoms with Gasteiger partial charge in [0.25, 0.3) is 0 Å². The lowest BCUT2D eigenvalue weighted by Gasteiger charge is -2.12. The number of benzene rings is 2. The lowest BCUT2D eigenvalue weighted by atomic mass is 10.00. The lowest BCUT2D eigenvalue weighted by molar-refractivity contribution is -0.274. The van der Waals surface area contributed by atoms with E-state index in [4.69, 9.17) is 11.6 Å². The Morgan fingerprint density at radius 1 is 0.826 bits per heavy atom. The highest BCUT2D eigenvalue weighted by Gasteiger charge is 2.32. The van der Waals surface area contributed by atoms with E-state index in [0.717, 1.165) is 24.3 Å². The summed E-state index contributed by atoms with van der Waals surface area (Å²) in [6.45, 7) is 0. The zero-order valence-electron chi connectivity index (χ0n) is 11.3. The molecular formula is C15H9ClF6O. The van der Waals surface area contributed by atoms with Crippen molar-refractivity contribution >= 4 is 11.6 Å². The van der Waals surface area contributed by atoms with Crippen molar-refractivity contribution in [1.29, 1.82) is 0 Å². The van der Waals surface area contributed by atoms with Crippen LogP contribution in [0, 0.1) is 0 Å². The largest absolute Gasteiger partial charge is 0.573 e. The molecule has 8 heteroatoms. The number of halogens is 7. The van der Waals surface area contributed by atoms with Crippen LogP contribution in [-0.4, -0.2) is 6.36 Å². The number of ether oxygens (including phenoxy) is 1. The first-order chi connectivity index (χ1) is 10.6. The minimum Gasteiger partial charge on any atom is -0.406 e. The van der Waals surface area contributed by atoms with Gasteiger partial charge in [-0.15, -0.1) is 24.8 Å². The minimum atomic E-state index is -4.83. The first kappa shape index (κ1) is 17.5. The maximum absolute atomic E-state index is 12.9. The lowest BCUT2D eigenvalue weighted by Crippen LogP contribution is -2.16. The van der Waals surface area contributed by atoms with Crippen molar-refractivity contribution in [3.63, 3.8) is 0 Å². The average Bonchev–Trinajstić information content (AvgIpc) is 2.45. The summed E-state index contributed by atoms with van der Waals surface area (Å²) in [7, 11) is 0. The smallest absolute Gasteiger partial charge is 0.406 e. The molecule has 2 aromatic carbocycles. The van der Waals surface area contributed by atoms with Crippen LogP contribution in [-0.2, 0) is 12.1 Å². The van der Waals surface area contributed by atoms with Gasteiger partial charge in [-0.25, -0.2) is 0 Å². The van der Waals surface area contributed by atoms with Gasteiger partial charge in [0, 0.05) is 5.88 Å². The number of rotatable bonds is 3. The maximum atomic E-state index is 12.9. The number of hydrogen-bond donors (Lipinski definition) is 0. The van der Waals surface area contributed by atoms with Crippen LogP contribution in [0.3, 0.4) is 0 Å². The molecule has 0 heterocycles. The molecule has 0 saturated heterocycles. The van der Waals surface area contributed by atoms with E-state index >= 15 is 0 Å². The molecule has 2 aromatic rings. The summed E-state index contributed by atoms with van der Waals surface area (Å²) in [5.41, 5.74) is -0.0978. The second kappa shape index (κ2) is 6.31. The van der Waals surface area contributed by atoms with Crippen molar-refractivity contribution in [2.24, 2.45) is 0 Å². The van der Waals surface area contributed by atoms with Crippen molar-refractivity contribution in [3.8, 4) is 16.9 Å². The Kier molecular flexibility index (Phi) is 4.79. The third-order valence-corrected chi connectivity index (χ3v) is 3.20.